The molecule has 1 aromatic carbocycles. The van der Waals surface area contributed by atoms with Gasteiger partial charge in [-0.1, -0.05) is 13.3 Å². The third kappa shape index (κ3) is 4.56. The van der Waals surface area contributed by atoms with Crippen LogP contribution in [0.25, 0.3) is 0 Å². The number of amides is 1. The summed E-state index contributed by atoms with van der Waals surface area (Å²) in [6, 6.07) is 7.62. The van der Waals surface area contributed by atoms with Crippen molar-refractivity contribution in [2.75, 3.05) is 38.7 Å². The molecule has 0 atom stereocenters. The standard InChI is InChI=1S/C15H24N2O2/c1-4-5-10-16(2)14-8-6-13(7-9-14)15(19)17(3)11-12-18/h6-9,18H,4-5,10-12H2,1-3H3. The van der Waals surface area contributed by atoms with E-state index in [2.05, 4.69) is 18.9 Å². The Morgan fingerprint density at radius 3 is 2.32 bits per heavy atom. The molecule has 106 valence electrons. The van der Waals surface area contributed by atoms with E-state index < -0.39 is 0 Å². The van der Waals surface area contributed by atoms with Crippen molar-refractivity contribution in [2.24, 2.45) is 0 Å². The van der Waals surface area contributed by atoms with E-state index in [1.54, 1.807) is 7.05 Å². The van der Waals surface area contributed by atoms with E-state index in [1.807, 2.05) is 24.3 Å². The molecule has 0 spiro atoms. The highest BCUT2D eigenvalue weighted by molar-refractivity contribution is 5.94. The maximum atomic E-state index is 12.0. The number of carbonyl (C=O) groups is 1. The van der Waals surface area contributed by atoms with Crippen molar-refractivity contribution in [3.8, 4) is 0 Å². The van der Waals surface area contributed by atoms with Gasteiger partial charge in [0.25, 0.3) is 5.91 Å². The minimum Gasteiger partial charge on any atom is -0.395 e. The van der Waals surface area contributed by atoms with Crippen LogP contribution < -0.4 is 4.90 Å². The Bertz CT molecular complexity index is 390. The minimum atomic E-state index is -0.0585. The number of aliphatic hydroxyl groups excluding tert-OH is 1. The fourth-order valence-corrected chi connectivity index (χ4v) is 1.85. The zero-order valence-electron chi connectivity index (χ0n) is 12.1. The van der Waals surface area contributed by atoms with Crippen LogP contribution in [-0.4, -0.2) is 49.7 Å². The van der Waals surface area contributed by atoms with Crippen molar-refractivity contribution in [3.05, 3.63) is 29.8 Å². The van der Waals surface area contributed by atoms with Crippen LogP contribution in [-0.2, 0) is 0 Å². The van der Waals surface area contributed by atoms with Crippen LogP contribution in [0.4, 0.5) is 5.69 Å². The van der Waals surface area contributed by atoms with Crippen molar-refractivity contribution in [1.29, 1.82) is 0 Å². The molecule has 4 heteroatoms. The summed E-state index contributed by atoms with van der Waals surface area (Å²) in [7, 11) is 3.75. The van der Waals surface area contributed by atoms with E-state index in [-0.39, 0.29) is 12.5 Å². The second-order valence-electron chi connectivity index (χ2n) is 4.77. The summed E-state index contributed by atoms with van der Waals surface area (Å²) in [6.45, 7) is 3.54. The fraction of sp³-hybridized carbons (Fsp3) is 0.533. The molecule has 0 aromatic heterocycles. The molecule has 1 N–H and O–H groups in total. The van der Waals surface area contributed by atoms with E-state index in [1.165, 1.54) is 11.3 Å². The lowest BCUT2D eigenvalue weighted by Crippen LogP contribution is -2.29. The molecule has 0 fully saturated rings. The van der Waals surface area contributed by atoms with Crippen LogP contribution in [0.1, 0.15) is 30.1 Å². The first-order chi connectivity index (χ1) is 9.10. The number of hydrogen-bond acceptors (Lipinski definition) is 3. The first-order valence-electron chi connectivity index (χ1n) is 6.77. The number of anilines is 1. The Morgan fingerprint density at radius 1 is 1.16 bits per heavy atom. The summed E-state index contributed by atoms with van der Waals surface area (Å²) in [6.07, 6.45) is 2.34. The van der Waals surface area contributed by atoms with Gasteiger partial charge in [0.15, 0.2) is 0 Å². The Morgan fingerprint density at radius 2 is 1.79 bits per heavy atom. The average Bonchev–Trinajstić information content (AvgIpc) is 2.44. The molecular weight excluding hydrogens is 240 g/mol. The number of aliphatic hydroxyl groups is 1. The Hall–Kier alpha value is -1.55. The number of hydrogen-bond donors (Lipinski definition) is 1. The van der Waals surface area contributed by atoms with E-state index in [0.29, 0.717) is 12.1 Å². The summed E-state index contributed by atoms with van der Waals surface area (Å²) >= 11 is 0. The Balaban J connectivity index is 2.67. The quantitative estimate of drug-likeness (QED) is 0.819. The van der Waals surface area contributed by atoms with Gasteiger partial charge in [-0.2, -0.15) is 0 Å². The number of rotatable bonds is 7. The predicted molar refractivity (Wildman–Crippen MR) is 78.7 cm³/mol. The van der Waals surface area contributed by atoms with Crippen LogP contribution >= 0.6 is 0 Å². The first-order valence-corrected chi connectivity index (χ1v) is 6.77. The van der Waals surface area contributed by atoms with Gasteiger partial charge in [-0.3, -0.25) is 4.79 Å². The summed E-state index contributed by atoms with van der Waals surface area (Å²) in [5.74, 6) is -0.0585. The summed E-state index contributed by atoms with van der Waals surface area (Å²) in [5, 5.41) is 8.83. The number of likely N-dealkylation sites (N-methyl/N-ethyl adjacent to an activating group) is 1. The summed E-state index contributed by atoms with van der Waals surface area (Å²) in [5.41, 5.74) is 1.78. The molecule has 0 unspecified atom stereocenters. The molecule has 19 heavy (non-hydrogen) atoms. The molecule has 4 nitrogen and oxygen atoms in total. The topological polar surface area (TPSA) is 43.8 Å². The largest absolute Gasteiger partial charge is 0.395 e. The van der Waals surface area contributed by atoms with Gasteiger partial charge in [0.2, 0.25) is 0 Å². The monoisotopic (exact) mass is 264 g/mol. The zero-order chi connectivity index (χ0) is 14.3. The van der Waals surface area contributed by atoms with Gasteiger partial charge in [0.05, 0.1) is 6.61 Å². The van der Waals surface area contributed by atoms with Gasteiger partial charge in [0, 0.05) is 38.4 Å². The highest BCUT2D eigenvalue weighted by atomic mass is 16.3. The molecule has 1 aromatic rings. The van der Waals surface area contributed by atoms with Crippen molar-refractivity contribution in [2.45, 2.75) is 19.8 Å². The Kier molecular flexibility index (Phi) is 6.36. The van der Waals surface area contributed by atoms with Crippen LogP contribution in [0.5, 0.6) is 0 Å². The maximum absolute atomic E-state index is 12.0. The highest BCUT2D eigenvalue weighted by Gasteiger charge is 2.11. The van der Waals surface area contributed by atoms with Gasteiger partial charge in [0.1, 0.15) is 0 Å². The molecule has 0 aliphatic carbocycles. The molecule has 0 bridgehead atoms. The van der Waals surface area contributed by atoms with Crippen LogP contribution in [0.3, 0.4) is 0 Å². The third-order valence-corrected chi connectivity index (χ3v) is 3.18. The fourth-order valence-electron chi connectivity index (χ4n) is 1.85. The molecule has 0 heterocycles. The van der Waals surface area contributed by atoms with Crippen molar-refractivity contribution in [1.82, 2.24) is 4.90 Å². The van der Waals surface area contributed by atoms with Crippen LogP contribution in [0, 0.1) is 0 Å². The SMILES string of the molecule is CCCCN(C)c1ccc(C(=O)N(C)CCO)cc1. The number of nitrogens with zero attached hydrogens (tertiary/aromatic N) is 2. The molecule has 0 aliphatic rings. The molecule has 1 amide bonds. The second-order valence-corrected chi connectivity index (χ2v) is 4.77. The van der Waals surface area contributed by atoms with Crippen LogP contribution in [0.15, 0.2) is 24.3 Å². The van der Waals surface area contributed by atoms with E-state index >= 15 is 0 Å². The van der Waals surface area contributed by atoms with E-state index in [4.69, 9.17) is 5.11 Å². The van der Waals surface area contributed by atoms with Gasteiger partial charge in [-0.15, -0.1) is 0 Å². The van der Waals surface area contributed by atoms with Gasteiger partial charge in [-0.05, 0) is 30.7 Å². The second kappa shape index (κ2) is 7.79. The highest BCUT2D eigenvalue weighted by Crippen LogP contribution is 2.15. The molecular formula is C15H24N2O2. The average molecular weight is 264 g/mol. The van der Waals surface area contributed by atoms with Crippen molar-refractivity contribution < 1.29 is 9.90 Å². The van der Waals surface area contributed by atoms with Gasteiger partial charge in [-0.25, -0.2) is 0 Å². The molecule has 1 rings (SSSR count). The Labute approximate surface area is 115 Å². The lowest BCUT2D eigenvalue weighted by atomic mass is 10.1. The maximum Gasteiger partial charge on any atom is 0.253 e. The minimum absolute atomic E-state index is 0.0138. The number of carbonyl (C=O) groups excluding carboxylic acids is 1. The van der Waals surface area contributed by atoms with Crippen LogP contribution in [0.2, 0.25) is 0 Å². The number of unbranched alkanes of at least 4 members (excludes halogenated alkanes) is 1. The summed E-state index contributed by atoms with van der Waals surface area (Å²) < 4.78 is 0. The number of benzene rings is 1. The van der Waals surface area contributed by atoms with E-state index in [9.17, 15) is 4.79 Å². The molecule has 0 saturated carbocycles. The predicted octanol–water partition coefficient (Wildman–Crippen LogP) is 1.99. The molecule has 0 saturated heterocycles. The summed E-state index contributed by atoms with van der Waals surface area (Å²) in [4.78, 5) is 15.7. The first kappa shape index (κ1) is 15.5. The van der Waals surface area contributed by atoms with Gasteiger partial charge >= 0.3 is 0 Å². The molecule has 0 radical (unpaired) electrons. The third-order valence-electron chi connectivity index (χ3n) is 3.18. The molecule has 0 aliphatic heterocycles. The normalized spacial score (nSPS) is 10.3. The van der Waals surface area contributed by atoms with Crippen molar-refractivity contribution >= 4 is 11.6 Å². The lowest BCUT2D eigenvalue weighted by Gasteiger charge is -2.20. The van der Waals surface area contributed by atoms with Gasteiger partial charge < -0.3 is 14.9 Å². The lowest BCUT2D eigenvalue weighted by molar-refractivity contribution is 0.0767. The van der Waals surface area contributed by atoms with E-state index in [0.717, 1.165) is 18.7 Å². The smallest absolute Gasteiger partial charge is 0.253 e. The zero-order valence-corrected chi connectivity index (χ0v) is 12.1. The van der Waals surface area contributed by atoms with Crippen molar-refractivity contribution in [3.63, 3.8) is 0 Å².